The maximum Gasteiger partial charge on any atom is 0.254 e. The molecule has 0 aliphatic carbocycles. The lowest BCUT2D eigenvalue weighted by Crippen LogP contribution is -2.44. The third kappa shape index (κ3) is 3.65. The first-order valence-electron chi connectivity index (χ1n) is 8.00. The van der Waals surface area contributed by atoms with Crippen molar-refractivity contribution in [2.45, 2.75) is 19.3 Å². The summed E-state index contributed by atoms with van der Waals surface area (Å²) >= 11 is 3.44. The second-order valence-electron chi connectivity index (χ2n) is 6.41. The molecule has 0 radical (unpaired) electrons. The van der Waals surface area contributed by atoms with Crippen molar-refractivity contribution in [1.29, 1.82) is 0 Å². The van der Waals surface area contributed by atoms with Gasteiger partial charge in [0, 0.05) is 25.2 Å². The molecule has 1 spiro atoms. The molecule has 0 atom stereocenters. The van der Waals surface area contributed by atoms with Crippen LogP contribution in [0.1, 0.15) is 29.6 Å². The average Bonchev–Trinajstić information content (AvgIpc) is 3.03. The van der Waals surface area contributed by atoms with Crippen molar-refractivity contribution >= 4 is 34.2 Å². The number of carbonyl (C=O) groups is 1. The van der Waals surface area contributed by atoms with Gasteiger partial charge in [0.15, 0.2) is 0 Å². The van der Waals surface area contributed by atoms with Crippen LogP contribution in [0.4, 0.5) is 0 Å². The number of halogens is 2. The van der Waals surface area contributed by atoms with E-state index in [1.165, 1.54) is 6.42 Å². The number of amides is 1. The SMILES string of the molecule is COc1cc(C(=O)N2CCC3(CCNC3)CC2)cc(OC)c1Br.Cl. The van der Waals surface area contributed by atoms with Crippen LogP contribution < -0.4 is 14.8 Å². The Kier molecular flexibility index (Phi) is 6.39. The Bertz CT molecular complexity index is 570. The lowest BCUT2D eigenvalue weighted by Gasteiger charge is -2.39. The Morgan fingerprint density at radius 3 is 2.21 bits per heavy atom. The van der Waals surface area contributed by atoms with Crippen LogP contribution in [-0.4, -0.2) is 51.2 Å². The Morgan fingerprint density at radius 2 is 1.75 bits per heavy atom. The summed E-state index contributed by atoms with van der Waals surface area (Å²) in [5.74, 6) is 1.28. The van der Waals surface area contributed by atoms with Gasteiger partial charge in [0.1, 0.15) is 16.0 Å². The van der Waals surface area contributed by atoms with Crippen molar-refractivity contribution in [3.63, 3.8) is 0 Å². The first kappa shape index (κ1) is 19.3. The number of ether oxygens (including phenoxy) is 2. The predicted octanol–water partition coefficient (Wildman–Crippen LogP) is 3.10. The highest BCUT2D eigenvalue weighted by Gasteiger charge is 2.38. The van der Waals surface area contributed by atoms with E-state index in [-0.39, 0.29) is 18.3 Å². The normalized spacial score (nSPS) is 19.0. The number of piperidine rings is 1. The van der Waals surface area contributed by atoms with Crippen molar-refractivity contribution < 1.29 is 14.3 Å². The van der Waals surface area contributed by atoms with Crippen LogP contribution in [0.3, 0.4) is 0 Å². The van der Waals surface area contributed by atoms with Gasteiger partial charge in [-0.2, -0.15) is 0 Å². The molecule has 1 aromatic rings. The van der Waals surface area contributed by atoms with Crippen LogP contribution in [0.2, 0.25) is 0 Å². The van der Waals surface area contributed by atoms with Gasteiger partial charge >= 0.3 is 0 Å². The summed E-state index contributed by atoms with van der Waals surface area (Å²) in [6, 6.07) is 3.55. The molecule has 2 heterocycles. The smallest absolute Gasteiger partial charge is 0.254 e. The van der Waals surface area contributed by atoms with Crippen molar-refractivity contribution in [2.75, 3.05) is 40.4 Å². The zero-order chi connectivity index (χ0) is 16.4. The number of likely N-dealkylation sites (tertiary alicyclic amines) is 1. The molecule has 1 amide bonds. The van der Waals surface area contributed by atoms with E-state index in [1.807, 2.05) is 4.90 Å². The Morgan fingerprint density at radius 1 is 1.17 bits per heavy atom. The van der Waals surface area contributed by atoms with Crippen LogP contribution in [0.25, 0.3) is 0 Å². The molecule has 1 N–H and O–H groups in total. The zero-order valence-electron chi connectivity index (χ0n) is 14.1. The predicted molar refractivity (Wildman–Crippen MR) is 99.6 cm³/mol. The summed E-state index contributed by atoms with van der Waals surface area (Å²) in [7, 11) is 3.18. The molecule has 2 aliphatic rings. The maximum atomic E-state index is 12.8. The van der Waals surface area contributed by atoms with Gasteiger partial charge in [-0.3, -0.25) is 4.79 Å². The summed E-state index contributed by atoms with van der Waals surface area (Å²) in [6.07, 6.45) is 3.39. The third-order valence-corrected chi connectivity index (χ3v) is 5.92. The van der Waals surface area contributed by atoms with Crippen LogP contribution >= 0.6 is 28.3 Å². The number of hydrogen-bond acceptors (Lipinski definition) is 4. The van der Waals surface area contributed by atoms with Gasteiger partial charge in [-0.25, -0.2) is 0 Å². The lowest BCUT2D eigenvalue weighted by atomic mass is 9.78. The number of carbonyl (C=O) groups excluding carboxylic acids is 1. The second-order valence-corrected chi connectivity index (χ2v) is 7.21. The van der Waals surface area contributed by atoms with Crippen molar-refractivity contribution in [3.8, 4) is 11.5 Å². The minimum absolute atomic E-state index is 0. The monoisotopic (exact) mass is 418 g/mol. The number of rotatable bonds is 3. The largest absolute Gasteiger partial charge is 0.495 e. The topological polar surface area (TPSA) is 50.8 Å². The van der Waals surface area contributed by atoms with E-state index in [1.54, 1.807) is 26.4 Å². The van der Waals surface area contributed by atoms with E-state index in [9.17, 15) is 4.79 Å². The fraction of sp³-hybridized carbons (Fsp3) is 0.588. The minimum atomic E-state index is 0. The molecule has 0 saturated carbocycles. The molecule has 3 rings (SSSR count). The molecule has 2 fully saturated rings. The fourth-order valence-corrected chi connectivity index (χ4v) is 4.13. The van der Waals surface area contributed by atoms with E-state index in [2.05, 4.69) is 21.2 Å². The zero-order valence-corrected chi connectivity index (χ0v) is 16.5. The quantitative estimate of drug-likeness (QED) is 0.818. The number of nitrogens with zero attached hydrogens (tertiary/aromatic N) is 1. The highest BCUT2D eigenvalue weighted by molar-refractivity contribution is 9.10. The van der Waals surface area contributed by atoms with Gasteiger partial charge in [-0.05, 0) is 59.3 Å². The number of hydrogen-bond donors (Lipinski definition) is 1. The summed E-state index contributed by atoms with van der Waals surface area (Å²) in [6.45, 7) is 3.84. The highest BCUT2D eigenvalue weighted by Crippen LogP contribution is 2.39. The second kappa shape index (κ2) is 7.93. The van der Waals surface area contributed by atoms with Crippen LogP contribution in [0.5, 0.6) is 11.5 Å². The maximum absolute atomic E-state index is 12.8. The summed E-state index contributed by atoms with van der Waals surface area (Å²) < 4.78 is 11.4. The van der Waals surface area contributed by atoms with Crippen LogP contribution in [-0.2, 0) is 0 Å². The molecular formula is C17H24BrClN2O3. The van der Waals surface area contributed by atoms with Gasteiger partial charge < -0.3 is 19.7 Å². The molecule has 1 aromatic carbocycles. The van der Waals surface area contributed by atoms with Crippen molar-refractivity contribution in [2.24, 2.45) is 5.41 Å². The molecule has 0 unspecified atom stereocenters. The number of methoxy groups -OCH3 is 2. The molecule has 0 aromatic heterocycles. The molecule has 24 heavy (non-hydrogen) atoms. The van der Waals surface area contributed by atoms with E-state index in [0.717, 1.165) is 43.5 Å². The number of benzene rings is 1. The molecule has 2 saturated heterocycles. The Balaban J connectivity index is 0.00000208. The molecule has 5 nitrogen and oxygen atoms in total. The van der Waals surface area contributed by atoms with Gasteiger partial charge in [-0.15, -0.1) is 12.4 Å². The van der Waals surface area contributed by atoms with Crippen LogP contribution in [0, 0.1) is 5.41 Å². The molecule has 2 aliphatic heterocycles. The third-order valence-electron chi connectivity index (χ3n) is 5.14. The van der Waals surface area contributed by atoms with Gasteiger partial charge in [-0.1, -0.05) is 0 Å². The van der Waals surface area contributed by atoms with Gasteiger partial charge in [0.05, 0.1) is 14.2 Å². The molecule has 0 bridgehead atoms. The van der Waals surface area contributed by atoms with E-state index < -0.39 is 0 Å². The standard InChI is InChI=1S/C17H23BrN2O3.ClH/c1-22-13-9-12(10-14(23-2)15(13)18)16(21)20-7-4-17(5-8-20)3-6-19-11-17;/h9-10,19H,3-8,11H2,1-2H3;1H. The summed E-state index contributed by atoms with van der Waals surface area (Å²) in [5.41, 5.74) is 1.02. The molecular weight excluding hydrogens is 396 g/mol. The summed E-state index contributed by atoms with van der Waals surface area (Å²) in [5, 5.41) is 3.45. The van der Waals surface area contributed by atoms with Crippen molar-refractivity contribution in [3.05, 3.63) is 22.2 Å². The van der Waals surface area contributed by atoms with Gasteiger partial charge in [0.25, 0.3) is 5.91 Å². The number of nitrogens with one attached hydrogen (secondary N) is 1. The van der Waals surface area contributed by atoms with E-state index in [0.29, 0.717) is 22.5 Å². The van der Waals surface area contributed by atoms with Crippen molar-refractivity contribution in [1.82, 2.24) is 10.2 Å². The van der Waals surface area contributed by atoms with E-state index in [4.69, 9.17) is 9.47 Å². The fourth-order valence-electron chi connectivity index (χ4n) is 3.58. The Labute approximate surface area is 157 Å². The first-order chi connectivity index (χ1) is 11.1. The van der Waals surface area contributed by atoms with Crippen LogP contribution in [0.15, 0.2) is 16.6 Å². The van der Waals surface area contributed by atoms with Gasteiger partial charge in [0.2, 0.25) is 0 Å². The molecule has 7 heteroatoms. The lowest BCUT2D eigenvalue weighted by molar-refractivity contribution is 0.0607. The Hall–Kier alpha value is -0.980. The minimum Gasteiger partial charge on any atom is -0.495 e. The molecule has 134 valence electrons. The summed E-state index contributed by atoms with van der Waals surface area (Å²) in [4.78, 5) is 14.8. The highest BCUT2D eigenvalue weighted by atomic mass is 79.9. The first-order valence-corrected chi connectivity index (χ1v) is 8.79. The van der Waals surface area contributed by atoms with E-state index >= 15 is 0 Å². The average molecular weight is 420 g/mol.